The van der Waals surface area contributed by atoms with Crippen LogP contribution in [0.4, 0.5) is 5.69 Å². The van der Waals surface area contributed by atoms with Gasteiger partial charge in [0.2, 0.25) is 5.91 Å². The number of nitrogens with zero attached hydrogens (tertiary/aromatic N) is 4. The first-order valence-corrected chi connectivity index (χ1v) is 10.9. The van der Waals surface area contributed by atoms with Gasteiger partial charge in [0.05, 0.1) is 12.1 Å². The van der Waals surface area contributed by atoms with Crippen molar-refractivity contribution in [1.82, 2.24) is 24.7 Å². The molecule has 1 fully saturated rings. The molecule has 162 valence electrons. The number of nitrogens with one attached hydrogen (secondary N) is 2. The molecule has 2 aromatic heterocycles. The van der Waals surface area contributed by atoms with Gasteiger partial charge in [-0.25, -0.2) is 9.97 Å². The Kier molecular flexibility index (Phi) is 4.34. The van der Waals surface area contributed by atoms with Gasteiger partial charge in [-0.2, -0.15) is 5.10 Å². The summed E-state index contributed by atoms with van der Waals surface area (Å²) in [6.45, 7) is 1.45. The third-order valence-electron chi connectivity index (χ3n) is 6.13. The van der Waals surface area contributed by atoms with E-state index in [-0.39, 0.29) is 11.9 Å². The van der Waals surface area contributed by atoms with Gasteiger partial charge in [-0.3, -0.25) is 9.89 Å². The monoisotopic (exact) mass is 429 g/mol. The lowest BCUT2D eigenvalue weighted by molar-refractivity contribution is -0.119. The van der Waals surface area contributed by atoms with Crippen LogP contribution in [0.2, 0.25) is 0 Å². The number of hydrogen-bond donors (Lipinski definition) is 3. The van der Waals surface area contributed by atoms with Gasteiger partial charge in [0.15, 0.2) is 5.82 Å². The number of H-pyrrole nitrogens is 1. The lowest BCUT2D eigenvalue weighted by atomic mass is 10.1. The number of rotatable bonds is 6. The second-order valence-electron chi connectivity index (χ2n) is 8.39. The number of amides is 1. The van der Waals surface area contributed by atoms with E-state index in [0.717, 1.165) is 65.2 Å². The highest BCUT2D eigenvalue weighted by molar-refractivity contribution is 5.91. The lowest BCUT2D eigenvalue weighted by Gasteiger charge is -2.17. The topological polar surface area (TPSA) is 124 Å². The van der Waals surface area contributed by atoms with Crippen LogP contribution in [0, 0.1) is 5.92 Å². The molecular weight excluding hydrogens is 406 g/mol. The summed E-state index contributed by atoms with van der Waals surface area (Å²) in [6.07, 6.45) is 4.50. The summed E-state index contributed by atoms with van der Waals surface area (Å²) in [4.78, 5) is 21.1. The Morgan fingerprint density at radius 1 is 1.22 bits per heavy atom. The van der Waals surface area contributed by atoms with Crippen LogP contribution in [0.1, 0.15) is 19.3 Å². The van der Waals surface area contributed by atoms with Crippen LogP contribution in [0.15, 0.2) is 42.7 Å². The van der Waals surface area contributed by atoms with Gasteiger partial charge in [0.1, 0.15) is 29.5 Å². The number of aryl methyl sites for hydroxylation is 1. The molecule has 9 nitrogen and oxygen atoms in total. The van der Waals surface area contributed by atoms with Crippen molar-refractivity contribution in [1.29, 1.82) is 0 Å². The molecule has 32 heavy (non-hydrogen) atoms. The fraction of sp³-hybridized carbons (Fsp3) is 0.304. The fourth-order valence-corrected chi connectivity index (χ4v) is 4.41. The highest BCUT2D eigenvalue weighted by Gasteiger charge is 2.35. The van der Waals surface area contributed by atoms with Gasteiger partial charge in [-0.05, 0) is 31.2 Å². The van der Waals surface area contributed by atoms with E-state index in [1.165, 1.54) is 0 Å². The maximum atomic E-state index is 11.9. The molecule has 0 unspecified atom stereocenters. The Balaban J connectivity index is 1.41. The van der Waals surface area contributed by atoms with Crippen molar-refractivity contribution >= 4 is 22.6 Å². The van der Waals surface area contributed by atoms with Crippen molar-refractivity contribution in [3.63, 3.8) is 0 Å². The number of benzene rings is 2. The molecule has 4 N–H and O–H groups in total. The second-order valence-corrected chi connectivity index (χ2v) is 8.39. The Morgan fingerprint density at radius 3 is 2.75 bits per heavy atom. The smallest absolute Gasteiger partial charge is 0.240 e. The zero-order chi connectivity index (χ0) is 21.7. The van der Waals surface area contributed by atoms with Crippen LogP contribution >= 0.6 is 0 Å². The molecule has 1 amide bonds. The number of nitrogens with two attached hydrogens (primary N) is 1. The second kappa shape index (κ2) is 7.37. The van der Waals surface area contributed by atoms with Gasteiger partial charge in [-0.1, -0.05) is 24.3 Å². The molecule has 1 saturated carbocycles. The SMILES string of the molecule is NC(=O)[C@@H](Nc1cc2c3c(c1)nc(-c1ccc(-c4nc[nH]n4)cc1)n3CCCO2)C1CC1. The van der Waals surface area contributed by atoms with E-state index < -0.39 is 0 Å². The van der Waals surface area contributed by atoms with Crippen LogP contribution in [-0.2, 0) is 11.3 Å². The molecule has 9 heteroatoms. The largest absolute Gasteiger partial charge is 0.491 e. The summed E-state index contributed by atoms with van der Waals surface area (Å²) >= 11 is 0. The zero-order valence-corrected chi connectivity index (χ0v) is 17.4. The number of carbonyl (C=O) groups excluding carboxylic acids is 1. The highest BCUT2D eigenvalue weighted by Crippen LogP contribution is 2.38. The number of carbonyl (C=O) groups is 1. The van der Waals surface area contributed by atoms with E-state index in [9.17, 15) is 4.79 Å². The summed E-state index contributed by atoms with van der Waals surface area (Å²) in [5.41, 5.74) is 10.2. The van der Waals surface area contributed by atoms with Gasteiger partial charge in [0.25, 0.3) is 0 Å². The van der Waals surface area contributed by atoms with Gasteiger partial charge >= 0.3 is 0 Å². The first kappa shape index (κ1) is 18.9. The number of ether oxygens (including phenoxy) is 1. The Bertz CT molecular complexity index is 1290. The van der Waals surface area contributed by atoms with Gasteiger partial charge < -0.3 is 20.4 Å². The summed E-state index contributed by atoms with van der Waals surface area (Å²) in [5.74, 6) is 2.31. The van der Waals surface area contributed by atoms with Crippen LogP contribution in [0.3, 0.4) is 0 Å². The molecular formula is C23H23N7O2. The summed E-state index contributed by atoms with van der Waals surface area (Å²) in [5, 5.41) is 10.2. The molecule has 1 aliphatic heterocycles. The van der Waals surface area contributed by atoms with Crippen molar-refractivity contribution in [3.05, 3.63) is 42.7 Å². The maximum absolute atomic E-state index is 11.9. The maximum Gasteiger partial charge on any atom is 0.240 e. The minimum atomic E-state index is -0.366. The van der Waals surface area contributed by atoms with Crippen molar-refractivity contribution in [2.75, 3.05) is 11.9 Å². The zero-order valence-electron chi connectivity index (χ0n) is 17.4. The summed E-state index contributed by atoms with van der Waals surface area (Å²) in [7, 11) is 0. The van der Waals surface area contributed by atoms with Crippen molar-refractivity contribution < 1.29 is 9.53 Å². The molecule has 0 saturated heterocycles. The molecule has 1 atom stereocenters. The van der Waals surface area contributed by atoms with E-state index in [2.05, 4.69) is 25.1 Å². The van der Waals surface area contributed by atoms with Crippen LogP contribution in [0.25, 0.3) is 33.8 Å². The highest BCUT2D eigenvalue weighted by atomic mass is 16.5. The van der Waals surface area contributed by atoms with Gasteiger partial charge in [-0.15, -0.1) is 0 Å². The number of hydrogen-bond acceptors (Lipinski definition) is 6. The summed E-state index contributed by atoms with van der Waals surface area (Å²) in [6, 6.07) is 11.6. The number of primary amides is 1. The molecule has 2 aromatic carbocycles. The molecule has 0 spiro atoms. The Hall–Kier alpha value is -3.88. The minimum absolute atomic E-state index is 0.305. The molecule has 6 rings (SSSR count). The number of aromatic nitrogens is 5. The van der Waals surface area contributed by atoms with E-state index in [1.54, 1.807) is 6.33 Å². The van der Waals surface area contributed by atoms with Crippen molar-refractivity contribution in [3.8, 4) is 28.5 Å². The quantitative estimate of drug-likeness (QED) is 0.433. The van der Waals surface area contributed by atoms with Crippen LogP contribution < -0.4 is 15.8 Å². The molecule has 2 aliphatic rings. The third kappa shape index (κ3) is 3.26. The van der Waals surface area contributed by atoms with Crippen molar-refractivity contribution in [2.24, 2.45) is 11.7 Å². The predicted molar refractivity (Wildman–Crippen MR) is 120 cm³/mol. The van der Waals surface area contributed by atoms with Crippen molar-refractivity contribution in [2.45, 2.75) is 31.8 Å². The molecule has 0 radical (unpaired) electrons. The standard InChI is InChI=1S/C23H23N7O2/c24-21(31)19(13-2-3-13)27-16-10-17-20-18(11-16)32-9-1-8-30(20)23(28-17)15-6-4-14(5-7-15)22-25-12-26-29-22/h4-7,10-13,19,27H,1-3,8-9H2,(H2,24,31)(H,25,26,29)/t19-/m0/s1. The van der Waals surface area contributed by atoms with Gasteiger partial charge in [0, 0.05) is 29.4 Å². The third-order valence-corrected chi connectivity index (χ3v) is 6.13. The van der Waals surface area contributed by atoms with E-state index in [0.29, 0.717) is 18.3 Å². The summed E-state index contributed by atoms with van der Waals surface area (Å²) < 4.78 is 8.28. The van der Waals surface area contributed by atoms with E-state index in [1.807, 2.05) is 36.4 Å². The molecule has 0 bridgehead atoms. The molecule has 3 heterocycles. The Labute approximate surface area is 184 Å². The first-order chi connectivity index (χ1) is 15.7. The molecule has 4 aromatic rings. The average Bonchev–Trinajstić information content (AvgIpc) is 3.42. The van der Waals surface area contributed by atoms with Crippen LogP contribution in [0.5, 0.6) is 5.75 Å². The number of imidazole rings is 1. The first-order valence-electron chi connectivity index (χ1n) is 10.9. The normalized spacial score (nSPS) is 16.4. The van der Waals surface area contributed by atoms with E-state index in [4.69, 9.17) is 15.5 Å². The number of anilines is 1. The lowest BCUT2D eigenvalue weighted by Crippen LogP contribution is -2.37. The molecule has 1 aliphatic carbocycles. The Morgan fingerprint density at radius 2 is 2.03 bits per heavy atom. The average molecular weight is 429 g/mol. The van der Waals surface area contributed by atoms with E-state index >= 15 is 0 Å². The van der Waals surface area contributed by atoms with Crippen LogP contribution in [-0.4, -0.2) is 43.3 Å². The minimum Gasteiger partial charge on any atom is -0.491 e. The fourth-order valence-electron chi connectivity index (χ4n) is 4.41. The number of aromatic amines is 1. The predicted octanol–water partition coefficient (Wildman–Crippen LogP) is 2.95.